The molecule has 1 aromatic carbocycles. The highest BCUT2D eigenvalue weighted by molar-refractivity contribution is 6.42. The number of methoxy groups -OCH3 is 2. The van der Waals surface area contributed by atoms with Gasteiger partial charge in [-0.2, -0.15) is 0 Å². The van der Waals surface area contributed by atoms with Crippen LogP contribution in [0.25, 0.3) is 5.57 Å². The fourth-order valence-corrected chi connectivity index (χ4v) is 3.70. The molecule has 2 bridgehead atoms. The Morgan fingerprint density at radius 1 is 1.32 bits per heavy atom. The standard InChI is InChI=1S/C16H17Cl2NO3/c1-21-14-7-11-5-10(8-16(14,19-11)15(20)22-2)9-3-4-12(17)13(18)6-9/h3-4,6,8,11,14,19H,5,7H2,1-2H3. The molecule has 4 nitrogen and oxygen atoms in total. The van der Waals surface area contributed by atoms with Crippen LogP contribution in [-0.4, -0.2) is 37.9 Å². The van der Waals surface area contributed by atoms with E-state index in [1.54, 1.807) is 13.2 Å². The normalized spacial score (nSPS) is 30.1. The van der Waals surface area contributed by atoms with Gasteiger partial charge in [0.2, 0.25) is 0 Å². The van der Waals surface area contributed by atoms with E-state index in [2.05, 4.69) is 5.32 Å². The Labute approximate surface area is 139 Å². The van der Waals surface area contributed by atoms with E-state index >= 15 is 0 Å². The van der Waals surface area contributed by atoms with Crippen LogP contribution >= 0.6 is 23.2 Å². The monoisotopic (exact) mass is 341 g/mol. The van der Waals surface area contributed by atoms with Gasteiger partial charge in [-0.3, -0.25) is 5.32 Å². The summed E-state index contributed by atoms with van der Waals surface area (Å²) in [6.45, 7) is 0. The van der Waals surface area contributed by atoms with Crippen molar-refractivity contribution in [2.75, 3.05) is 14.2 Å². The zero-order valence-electron chi connectivity index (χ0n) is 12.4. The maximum atomic E-state index is 12.4. The number of hydrogen-bond donors (Lipinski definition) is 1. The molecule has 1 saturated heterocycles. The second-order valence-electron chi connectivity index (χ2n) is 5.66. The van der Waals surface area contributed by atoms with Gasteiger partial charge in [-0.05, 0) is 42.2 Å². The van der Waals surface area contributed by atoms with E-state index in [1.165, 1.54) is 7.11 Å². The minimum Gasteiger partial charge on any atom is -0.467 e. The van der Waals surface area contributed by atoms with Gasteiger partial charge in [0.1, 0.15) is 0 Å². The lowest BCUT2D eigenvalue weighted by Gasteiger charge is -2.33. The summed E-state index contributed by atoms with van der Waals surface area (Å²) in [4.78, 5) is 12.4. The molecule has 2 aliphatic heterocycles. The molecule has 2 heterocycles. The van der Waals surface area contributed by atoms with Crippen LogP contribution in [0.1, 0.15) is 18.4 Å². The Morgan fingerprint density at radius 2 is 2.09 bits per heavy atom. The maximum Gasteiger partial charge on any atom is 0.332 e. The molecule has 1 fully saturated rings. The van der Waals surface area contributed by atoms with Gasteiger partial charge in [-0.15, -0.1) is 0 Å². The molecule has 0 spiro atoms. The molecular formula is C16H17Cl2NO3. The van der Waals surface area contributed by atoms with Crippen LogP contribution in [0.15, 0.2) is 24.3 Å². The summed E-state index contributed by atoms with van der Waals surface area (Å²) in [6.07, 6.45) is 3.23. The molecule has 1 N–H and O–H groups in total. The zero-order chi connectivity index (χ0) is 15.9. The third kappa shape index (κ3) is 2.44. The van der Waals surface area contributed by atoms with Crippen LogP contribution in [0.5, 0.6) is 0 Å². The third-order valence-electron chi connectivity index (χ3n) is 4.42. The summed E-state index contributed by atoms with van der Waals surface area (Å²) in [7, 11) is 3.00. The molecule has 3 rings (SSSR count). The van der Waals surface area contributed by atoms with Gasteiger partial charge in [0.25, 0.3) is 0 Å². The van der Waals surface area contributed by atoms with E-state index in [0.29, 0.717) is 10.0 Å². The highest BCUT2D eigenvalue weighted by Gasteiger charge is 2.55. The SMILES string of the molecule is COC(=O)C12C=C(c3ccc(Cl)c(Cl)c3)CC(CC1OC)N2. The van der Waals surface area contributed by atoms with E-state index in [4.69, 9.17) is 32.7 Å². The summed E-state index contributed by atoms with van der Waals surface area (Å²) in [5, 5.41) is 4.36. The van der Waals surface area contributed by atoms with Gasteiger partial charge in [-0.1, -0.05) is 29.3 Å². The molecule has 2 aliphatic rings. The number of halogens is 2. The zero-order valence-corrected chi connectivity index (χ0v) is 13.9. The smallest absolute Gasteiger partial charge is 0.332 e. The lowest BCUT2D eigenvalue weighted by Crippen LogP contribution is -2.57. The molecule has 0 saturated carbocycles. The number of fused-ring (bicyclic) bond motifs is 2. The summed E-state index contributed by atoms with van der Waals surface area (Å²) in [5.74, 6) is -0.334. The van der Waals surface area contributed by atoms with Crippen LogP contribution in [0, 0.1) is 0 Å². The molecule has 0 radical (unpaired) electrons. The van der Waals surface area contributed by atoms with Crippen molar-refractivity contribution in [3.8, 4) is 0 Å². The van der Waals surface area contributed by atoms with Crippen LogP contribution in [0.2, 0.25) is 10.0 Å². The van der Waals surface area contributed by atoms with Gasteiger partial charge < -0.3 is 9.47 Å². The Morgan fingerprint density at radius 3 is 2.73 bits per heavy atom. The molecule has 22 heavy (non-hydrogen) atoms. The first-order valence-electron chi connectivity index (χ1n) is 7.06. The highest BCUT2D eigenvalue weighted by atomic mass is 35.5. The molecule has 0 aromatic heterocycles. The number of esters is 1. The number of rotatable bonds is 3. The van der Waals surface area contributed by atoms with E-state index < -0.39 is 5.54 Å². The Bertz CT molecular complexity index is 646. The fourth-order valence-electron chi connectivity index (χ4n) is 3.40. The quantitative estimate of drug-likeness (QED) is 0.858. The van der Waals surface area contributed by atoms with Crippen molar-refractivity contribution in [3.63, 3.8) is 0 Å². The third-order valence-corrected chi connectivity index (χ3v) is 5.15. The van der Waals surface area contributed by atoms with Gasteiger partial charge in [-0.25, -0.2) is 4.79 Å². The minimum atomic E-state index is -0.937. The first-order chi connectivity index (χ1) is 10.5. The molecule has 3 unspecified atom stereocenters. The van der Waals surface area contributed by atoms with E-state index in [-0.39, 0.29) is 18.1 Å². The van der Waals surface area contributed by atoms with Crippen molar-refractivity contribution in [2.45, 2.75) is 30.5 Å². The first kappa shape index (κ1) is 15.8. The van der Waals surface area contributed by atoms with Crippen LogP contribution in [0.3, 0.4) is 0 Å². The average molecular weight is 342 g/mol. The Hall–Kier alpha value is -1.07. The molecule has 0 aliphatic carbocycles. The number of ether oxygens (including phenoxy) is 2. The van der Waals surface area contributed by atoms with Crippen molar-refractivity contribution < 1.29 is 14.3 Å². The van der Waals surface area contributed by atoms with E-state index in [0.717, 1.165) is 24.0 Å². The van der Waals surface area contributed by atoms with E-state index in [1.807, 2.05) is 18.2 Å². The van der Waals surface area contributed by atoms with Gasteiger partial charge >= 0.3 is 5.97 Å². The van der Waals surface area contributed by atoms with Gasteiger partial charge in [0, 0.05) is 13.2 Å². The molecule has 6 heteroatoms. The van der Waals surface area contributed by atoms with E-state index in [9.17, 15) is 4.79 Å². The second kappa shape index (κ2) is 5.85. The first-order valence-corrected chi connectivity index (χ1v) is 7.82. The Kier molecular flexibility index (Phi) is 4.21. The van der Waals surface area contributed by atoms with Crippen molar-refractivity contribution in [1.29, 1.82) is 0 Å². The molecule has 3 atom stereocenters. The van der Waals surface area contributed by atoms with Crippen LogP contribution in [-0.2, 0) is 14.3 Å². The summed E-state index contributed by atoms with van der Waals surface area (Å²) >= 11 is 12.1. The summed E-state index contributed by atoms with van der Waals surface area (Å²) in [5.41, 5.74) is 1.08. The van der Waals surface area contributed by atoms with Crippen LogP contribution < -0.4 is 5.32 Å². The summed E-state index contributed by atoms with van der Waals surface area (Å²) < 4.78 is 10.5. The lowest BCUT2D eigenvalue weighted by atomic mass is 9.88. The minimum absolute atomic E-state index is 0.165. The molecule has 0 amide bonds. The lowest BCUT2D eigenvalue weighted by molar-refractivity contribution is -0.150. The summed E-state index contributed by atoms with van der Waals surface area (Å²) in [6, 6.07) is 5.67. The fraction of sp³-hybridized carbons (Fsp3) is 0.438. The van der Waals surface area contributed by atoms with Crippen LogP contribution in [0.4, 0.5) is 0 Å². The molecular weight excluding hydrogens is 325 g/mol. The molecule has 118 valence electrons. The number of nitrogens with one attached hydrogen (secondary N) is 1. The van der Waals surface area contributed by atoms with Crippen molar-refractivity contribution >= 4 is 34.7 Å². The number of carbonyl (C=O) groups excluding carboxylic acids is 1. The van der Waals surface area contributed by atoms with Gasteiger partial charge in [0.15, 0.2) is 5.54 Å². The Balaban J connectivity index is 2.06. The van der Waals surface area contributed by atoms with Crippen molar-refractivity contribution in [2.24, 2.45) is 0 Å². The topological polar surface area (TPSA) is 47.6 Å². The highest BCUT2D eigenvalue weighted by Crippen LogP contribution is 2.41. The van der Waals surface area contributed by atoms with Gasteiger partial charge in [0.05, 0.1) is 23.3 Å². The predicted molar refractivity (Wildman–Crippen MR) is 86.1 cm³/mol. The number of hydrogen-bond acceptors (Lipinski definition) is 4. The second-order valence-corrected chi connectivity index (χ2v) is 6.48. The van der Waals surface area contributed by atoms with Crippen molar-refractivity contribution in [1.82, 2.24) is 5.32 Å². The maximum absolute atomic E-state index is 12.4. The number of carbonyl (C=O) groups is 1. The number of benzene rings is 1. The predicted octanol–water partition coefficient (Wildman–Crippen LogP) is 3.07. The largest absolute Gasteiger partial charge is 0.467 e. The average Bonchev–Trinajstić information content (AvgIpc) is 2.80. The molecule has 1 aromatic rings. The van der Waals surface area contributed by atoms with Crippen molar-refractivity contribution in [3.05, 3.63) is 39.9 Å².